The van der Waals surface area contributed by atoms with Gasteiger partial charge < -0.3 is 4.90 Å². The zero-order valence-corrected chi connectivity index (χ0v) is 7.97. The Kier molecular flexibility index (Phi) is 3.62. The predicted octanol–water partition coefficient (Wildman–Crippen LogP) is 1.00. The number of nitriles is 1. The number of Topliss-reactive ketones (excluding diaryl/α,β-unsaturated/α-hetero) is 1. The molecule has 0 N–H and O–H groups in total. The summed E-state index contributed by atoms with van der Waals surface area (Å²) in [7, 11) is 1.80. The first-order chi connectivity index (χ1) is 6.74. The number of ketones is 1. The average Bonchev–Trinajstić information content (AvgIpc) is 2.19. The third-order valence-corrected chi connectivity index (χ3v) is 1.78. The van der Waals surface area contributed by atoms with Gasteiger partial charge in [0.15, 0.2) is 5.78 Å². The van der Waals surface area contributed by atoms with Crippen molar-refractivity contribution >= 4 is 11.5 Å². The van der Waals surface area contributed by atoms with Crippen LogP contribution in [0.15, 0.2) is 24.5 Å². The van der Waals surface area contributed by atoms with Gasteiger partial charge in [0, 0.05) is 13.2 Å². The summed E-state index contributed by atoms with van der Waals surface area (Å²) >= 11 is 0. The molecular weight excluding hydrogens is 178 g/mol. The van der Waals surface area contributed by atoms with E-state index >= 15 is 0 Å². The third-order valence-electron chi connectivity index (χ3n) is 1.78. The summed E-state index contributed by atoms with van der Waals surface area (Å²) in [6.45, 7) is 0.249. The molecule has 1 heterocycles. The van der Waals surface area contributed by atoms with Crippen molar-refractivity contribution in [2.75, 3.05) is 18.5 Å². The van der Waals surface area contributed by atoms with E-state index in [4.69, 9.17) is 5.26 Å². The van der Waals surface area contributed by atoms with Crippen LogP contribution in [0.2, 0.25) is 0 Å². The number of carbonyl (C=O) groups excluding carboxylic acids is 1. The molecule has 14 heavy (non-hydrogen) atoms. The maximum absolute atomic E-state index is 11.1. The smallest absolute Gasteiger partial charge is 0.166 e. The minimum absolute atomic E-state index is 0.0371. The van der Waals surface area contributed by atoms with Crippen molar-refractivity contribution in [3.8, 4) is 6.07 Å². The molecule has 0 fully saturated rings. The number of nitrogens with zero attached hydrogens (tertiary/aromatic N) is 3. The lowest BCUT2D eigenvalue weighted by molar-refractivity contribution is -0.116. The molecule has 1 aromatic heterocycles. The Morgan fingerprint density at radius 1 is 1.71 bits per heavy atom. The normalized spacial score (nSPS) is 9.14. The van der Waals surface area contributed by atoms with Crippen LogP contribution >= 0.6 is 0 Å². The van der Waals surface area contributed by atoms with E-state index in [1.807, 2.05) is 12.1 Å². The topological polar surface area (TPSA) is 57.0 Å². The number of anilines is 1. The predicted molar refractivity (Wildman–Crippen MR) is 52.7 cm³/mol. The minimum atomic E-state index is -0.0844. The fraction of sp³-hybridized carbons (Fsp3) is 0.300. The van der Waals surface area contributed by atoms with E-state index in [-0.39, 0.29) is 18.7 Å². The molecule has 4 heteroatoms. The van der Waals surface area contributed by atoms with Crippen molar-refractivity contribution in [3.05, 3.63) is 24.5 Å². The van der Waals surface area contributed by atoms with Gasteiger partial charge in [-0.15, -0.1) is 0 Å². The Hall–Kier alpha value is -1.89. The van der Waals surface area contributed by atoms with Gasteiger partial charge in [-0.3, -0.25) is 9.78 Å². The van der Waals surface area contributed by atoms with Gasteiger partial charge in [-0.25, -0.2) is 0 Å². The molecule has 1 rings (SSSR count). The minimum Gasteiger partial charge on any atom is -0.366 e. The van der Waals surface area contributed by atoms with Gasteiger partial charge in [-0.2, -0.15) is 5.26 Å². The molecule has 0 spiro atoms. The summed E-state index contributed by atoms with van der Waals surface area (Å²) < 4.78 is 0. The number of carbonyl (C=O) groups is 1. The average molecular weight is 189 g/mol. The summed E-state index contributed by atoms with van der Waals surface area (Å²) in [5, 5.41) is 8.32. The van der Waals surface area contributed by atoms with E-state index in [1.165, 1.54) is 0 Å². The standard InChI is InChI=1S/C10H11N3O/c1-13(8-10(14)4-5-11)9-3-2-6-12-7-9/h2-3,6-7H,4,8H2,1H3. The fourth-order valence-corrected chi connectivity index (χ4v) is 1.08. The van der Waals surface area contributed by atoms with Gasteiger partial charge in [-0.1, -0.05) is 0 Å². The van der Waals surface area contributed by atoms with E-state index in [0.717, 1.165) is 5.69 Å². The van der Waals surface area contributed by atoms with Crippen LogP contribution in [0.5, 0.6) is 0 Å². The number of rotatable bonds is 4. The molecule has 72 valence electrons. The van der Waals surface area contributed by atoms with E-state index in [9.17, 15) is 4.79 Å². The molecule has 0 atom stereocenters. The molecule has 0 saturated carbocycles. The molecule has 4 nitrogen and oxygen atoms in total. The first-order valence-electron chi connectivity index (χ1n) is 4.24. The SMILES string of the molecule is CN(CC(=O)CC#N)c1cccnc1. The molecule has 1 aromatic rings. The summed E-state index contributed by atoms with van der Waals surface area (Å²) in [6.07, 6.45) is 3.32. The van der Waals surface area contributed by atoms with Crippen molar-refractivity contribution in [3.63, 3.8) is 0 Å². The molecule has 0 saturated heterocycles. The second kappa shape index (κ2) is 4.97. The summed E-state index contributed by atoms with van der Waals surface area (Å²) in [5.41, 5.74) is 0.874. The van der Waals surface area contributed by atoms with E-state index in [0.29, 0.717) is 0 Å². The molecule has 0 aliphatic rings. The Morgan fingerprint density at radius 2 is 2.50 bits per heavy atom. The zero-order valence-electron chi connectivity index (χ0n) is 7.97. The quantitative estimate of drug-likeness (QED) is 0.709. The Bertz CT molecular complexity index is 342. The summed E-state index contributed by atoms with van der Waals surface area (Å²) in [4.78, 5) is 16.9. The molecule has 0 unspecified atom stereocenters. The second-order valence-electron chi connectivity index (χ2n) is 2.94. The lowest BCUT2D eigenvalue weighted by atomic mass is 10.3. The first kappa shape index (κ1) is 10.2. The van der Waals surface area contributed by atoms with Crippen LogP contribution in [0.25, 0.3) is 0 Å². The van der Waals surface area contributed by atoms with Crippen LogP contribution in [0, 0.1) is 11.3 Å². The number of aromatic nitrogens is 1. The van der Waals surface area contributed by atoms with Crippen LogP contribution in [0.1, 0.15) is 6.42 Å². The van der Waals surface area contributed by atoms with E-state index in [2.05, 4.69) is 4.98 Å². The number of likely N-dealkylation sites (N-methyl/N-ethyl adjacent to an activating group) is 1. The van der Waals surface area contributed by atoms with Crippen LogP contribution < -0.4 is 4.90 Å². The highest BCUT2D eigenvalue weighted by Gasteiger charge is 2.06. The van der Waals surface area contributed by atoms with Gasteiger partial charge in [0.25, 0.3) is 0 Å². The van der Waals surface area contributed by atoms with Crippen molar-refractivity contribution < 1.29 is 4.79 Å². The van der Waals surface area contributed by atoms with Gasteiger partial charge in [0.2, 0.25) is 0 Å². The van der Waals surface area contributed by atoms with Crippen molar-refractivity contribution in [1.29, 1.82) is 5.26 Å². The lowest BCUT2D eigenvalue weighted by Gasteiger charge is -2.16. The second-order valence-corrected chi connectivity index (χ2v) is 2.94. The van der Waals surface area contributed by atoms with Crippen molar-refractivity contribution in [2.24, 2.45) is 0 Å². The Labute approximate surface area is 82.8 Å². The monoisotopic (exact) mass is 189 g/mol. The van der Waals surface area contributed by atoms with E-state index < -0.39 is 0 Å². The van der Waals surface area contributed by atoms with Gasteiger partial charge in [0.05, 0.1) is 30.9 Å². The highest BCUT2D eigenvalue weighted by atomic mass is 16.1. The zero-order chi connectivity index (χ0) is 10.4. The fourth-order valence-electron chi connectivity index (χ4n) is 1.08. The molecule has 0 aromatic carbocycles. The third kappa shape index (κ3) is 2.87. The van der Waals surface area contributed by atoms with Gasteiger partial charge in [0.1, 0.15) is 0 Å². The van der Waals surface area contributed by atoms with Crippen molar-refractivity contribution in [2.45, 2.75) is 6.42 Å². The number of pyridine rings is 1. The number of hydrogen-bond donors (Lipinski definition) is 0. The molecule has 0 aliphatic heterocycles. The Balaban J connectivity index is 2.56. The molecule has 0 bridgehead atoms. The first-order valence-corrected chi connectivity index (χ1v) is 4.24. The van der Waals surface area contributed by atoms with Crippen LogP contribution in [0.4, 0.5) is 5.69 Å². The molecule has 0 amide bonds. The highest BCUT2D eigenvalue weighted by molar-refractivity contribution is 5.84. The lowest BCUT2D eigenvalue weighted by Crippen LogP contribution is -2.25. The molecular formula is C10H11N3O. The molecule has 0 aliphatic carbocycles. The summed E-state index contributed by atoms with van der Waals surface area (Å²) in [6, 6.07) is 5.51. The maximum Gasteiger partial charge on any atom is 0.166 e. The Morgan fingerprint density at radius 3 is 3.07 bits per heavy atom. The van der Waals surface area contributed by atoms with Gasteiger partial charge in [-0.05, 0) is 12.1 Å². The van der Waals surface area contributed by atoms with Crippen molar-refractivity contribution in [1.82, 2.24) is 4.98 Å². The van der Waals surface area contributed by atoms with Crippen LogP contribution in [-0.4, -0.2) is 24.4 Å². The van der Waals surface area contributed by atoms with E-state index in [1.54, 1.807) is 30.4 Å². The number of hydrogen-bond acceptors (Lipinski definition) is 4. The van der Waals surface area contributed by atoms with Crippen LogP contribution in [-0.2, 0) is 4.79 Å². The highest BCUT2D eigenvalue weighted by Crippen LogP contribution is 2.08. The summed E-state index contributed by atoms with van der Waals surface area (Å²) in [5.74, 6) is -0.0844. The van der Waals surface area contributed by atoms with Crippen LogP contribution in [0.3, 0.4) is 0 Å². The molecule has 0 radical (unpaired) electrons. The largest absolute Gasteiger partial charge is 0.366 e. The van der Waals surface area contributed by atoms with Gasteiger partial charge >= 0.3 is 0 Å². The maximum atomic E-state index is 11.1.